The molecule has 39 heavy (non-hydrogen) atoms. The van der Waals surface area contributed by atoms with Crippen LogP contribution >= 0.6 is 12.2 Å². The highest BCUT2D eigenvalue weighted by atomic mass is 32.1. The van der Waals surface area contributed by atoms with Crippen LogP contribution in [0.15, 0.2) is 90.1 Å². The number of carbonyl (C=O) groups is 1. The van der Waals surface area contributed by atoms with Crippen LogP contribution in [-0.4, -0.2) is 57.5 Å². The van der Waals surface area contributed by atoms with E-state index in [2.05, 4.69) is 20.6 Å². The van der Waals surface area contributed by atoms with Gasteiger partial charge < -0.3 is 14.5 Å². The number of thiocarbonyl (C=S) groups is 1. The Labute approximate surface area is 230 Å². The number of aromatic nitrogens is 6. The van der Waals surface area contributed by atoms with Crippen molar-refractivity contribution < 1.29 is 9.53 Å². The molecule has 0 saturated heterocycles. The fraction of sp³-hybridized carbons (Fsp3) is 0.214. The molecule has 5 aromatic rings. The molecule has 1 aliphatic heterocycles. The SMILES string of the molecule is CCOC(=O)C1=C(C)N(Cn2nnc3ccccc32)C(=S)N(Cn2nnc3ccccc32)C1c1ccccc1. The Morgan fingerprint density at radius 3 is 2.03 bits per heavy atom. The second-order valence-corrected chi connectivity index (χ2v) is 9.52. The topological polar surface area (TPSA) is 94.2 Å². The predicted molar refractivity (Wildman–Crippen MR) is 150 cm³/mol. The zero-order valence-electron chi connectivity index (χ0n) is 21.5. The van der Waals surface area contributed by atoms with E-state index < -0.39 is 12.0 Å². The van der Waals surface area contributed by atoms with Gasteiger partial charge in [0, 0.05) is 5.70 Å². The van der Waals surface area contributed by atoms with Crippen LogP contribution in [0.25, 0.3) is 22.1 Å². The van der Waals surface area contributed by atoms with Crippen LogP contribution < -0.4 is 0 Å². The molecule has 0 spiro atoms. The molecule has 11 heteroatoms. The summed E-state index contributed by atoms with van der Waals surface area (Å²) in [6.07, 6.45) is 0. The fourth-order valence-corrected chi connectivity index (χ4v) is 5.35. The van der Waals surface area contributed by atoms with Crippen LogP contribution in [0, 0.1) is 0 Å². The molecule has 1 atom stereocenters. The quantitative estimate of drug-likeness (QED) is 0.222. The Bertz CT molecular complexity index is 1710. The predicted octanol–water partition coefficient (Wildman–Crippen LogP) is 4.27. The molecule has 0 fully saturated rings. The third-order valence-electron chi connectivity index (χ3n) is 6.87. The van der Waals surface area contributed by atoms with E-state index in [1.807, 2.05) is 95.6 Å². The standard InChI is InChI=1S/C28H26N8O2S/c1-3-38-27(37)25-19(2)33(17-35-23-15-9-7-13-21(23)29-31-35)28(39)34(26(25)20-11-5-4-6-12-20)18-36-24-16-10-8-14-22(24)30-32-36/h4-16,26H,3,17-18H2,1-2H3. The van der Waals surface area contributed by atoms with Gasteiger partial charge in [-0.3, -0.25) is 0 Å². The zero-order valence-corrected chi connectivity index (χ0v) is 22.3. The molecule has 10 nitrogen and oxygen atoms in total. The fourth-order valence-electron chi connectivity index (χ4n) is 4.99. The third-order valence-corrected chi connectivity index (χ3v) is 7.32. The van der Waals surface area contributed by atoms with Crippen molar-refractivity contribution in [2.45, 2.75) is 33.2 Å². The Hall–Kier alpha value is -4.64. The van der Waals surface area contributed by atoms with Gasteiger partial charge in [0.1, 0.15) is 24.4 Å². The third kappa shape index (κ3) is 4.40. The number of para-hydroxylation sites is 2. The lowest BCUT2D eigenvalue weighted by Crippen LogP contribution is -2.51. The smallest absolute Gasteiger partial charge is 0.338 e. The average molecular weight is 539 g/mol. The molecule has 1 aliphatic rings. The molecule has 6 rings (SSSR count). The summed E-state index contributed by atoms with van der Waals surface area (Å²) in [4.78, 5) is 17.5. The number of esters is 1. The summed E-state index contributed by atoms with van der Waals surface area (Å²) < 4.78 is 9.16. The lowest BCUT2D eigenvalue weighted by Gasteiger charge is -2.44. The lowest BCUT2D eigenvalue weighted by molar-refractivity contribution is -0.139. The second-order valence-electron chi connectivity index (χ2n) is 9.15. The molecule has 0 amide bonds. The summed E-state index contributed by atoms with van der Waals surface area (Å²) in [5, 5.41) is 17.9. The molecular formula is C28H26N8O2S. The van der Waals surface area contributed by atoms with Gasteiger partial charge in [0.25, 0.3) is 0 Å². The van der Waals surface area contributed by atoms with Gasteiger partial charge in [-0.05, 0) is 55.9 Å². The van der Waals surface area contributed by atoms with E-state index in [0.29, 0.717) is 16.4 Å². The van der Waals surface area contributed by atoms with Crippen molar-refractivity contribution in [3.63, 3.8) is 0 Å². The minimum absolute atomic E-state index is 0.253. The highest BCUT2D eigenvalue weighted by Crippen LogP contribution is 2.39. The van der Waals surface area contributed by atoms with Crippen LogP contribution in [0.1, 0.15) is 25.5 Å². The highest BCUT2D eigenvalue weighted by Gasteiger charge is 2.41. The minimum atomic E-state index is -0.496. The first-order valence-electron chi connectivity index (χ1n) is 12.6. The molecule has 0 saturated carbocycles. The van der Waals surface area contributed by atoms with Gasteiger partial charge in [-0.2, -0.15) is 0 Å². The van der Waals surface area contributed by atoms with Gasteiger partial charge in [0.2, 0.25) is 0 Å². The number of hydrogen-bond acceptors (Lipinski definition) is 7. The van der Waals surface area contributed by atoms with E-state index in [9.17, 15) is 4.79 Å². The lowest BCUT2D eigenvalue weighted by atomic mass is 9.93. The summed E-state index contributed by atoms with van der Waals surface area (Å²) in [6.45, 7) is 4.49. The molecule has 0 N–H and O–H groups in total. The van der Waals surface area contributed by atoms with Gasteiger partial charge in [-0.1, -0.05) is 65.0 Å². The molecule has 2 aromatic heterocycles. The van der Waals surface area contributed by atoms with Crippen molar-refractivity contribution in [3.8, 4) is 0 Å². The van der Waals surface area contributed by atoms with Crippen LogP contribution in [0.2, 0.25) is 0 Å². The Balaban J connectivity index is 1.50. The Kier molecular flexibility index (Phi) is 6.49. The van der Waals surface area contributed by atoms with Crippen LogP contribution in [-0.2, 0) is 22.9 Å². The highest BCUT2D eigenvalue weighted by molar-refractivity contribution is 7.80. The first kappa shape index (κ1) is 24.7. The van der Waals surface area contributed by atoms with E-state index in [1.165, 1.54) is 0 Å². The largest absolute Gasteiger partial charge is 0.463 e. The number of hydrogen-bond donors (Lipinski definition) is 0. The van der Waals surface area contributed by atoms with E-state index in [4.69, 9.17) is 17.0 Å². The Morgan fingerprint density at radius 2 is 1.41 bits per heavy atom. The molecule has 196 valence electrons. The summed E-state index contributed by atoms with van der Waals surface area (Å²) in [6, 6.07) is 24.8. The van der Waals surface area contributed by atoms with Crippen molar-refractivity contribution in [2.24, 2.45) is 0 Å². The van der Waals surface area contributed by atoms with Gasteiger partial charge in [0.15, 0.2) is 5.11 Å². The summed E-state index contributed by atoms with van der Waals surface area (Å²) in [5.41, 5.74) is 5.41. The normalized spacial score (nSPS) is 15.9. The number of carbonyl (C=O) groups excluding carboxylic acids is 1. The maximum Gasteiger partial charge on any atom is 0.338 e. The molecule has 3 heterocycles. The maximum atomic E-state index is 13.6. The first-order chi connectivity index (χ1) is 19.1. The van der Waals surface area contributed by atoms with Gasteiger partial charge in [-0.15, -0.1) is 10.2 Å². The molecule has 3 aromatic carbocycles. The molecule has 0 radical (unpaired) electrons. The molecule has 0 bridgehead atoms. The second kappa shape index (κ2) is 10.3. The molecular weight excluding hydrogens is 512 g/mol. The molecule has 1 unspecified atom stereocenters. The van der Waals surface area contributed by atoms with E-state index in [-0.39, 0.29) is 19.9 Å². The molecule has 0 aliphatic carbocycles. The van der Waals surface area contributed by atoms with E-state index in [0.717, 1.165) is 27.6 Å². The average Bonchev–Trinajstić information content (AvgIpc) is 3.57. The summed E-state index contributed by atoms with van der Waals surface area (Å²) >= 11 is 6.14. The van der Waals surface area contributed by atoms with Crippen molar-refractivity contribution in [1.29, 1.82) is 0 Å². The van der Waals surface area contributed by atoms with Gasteiger partial charge in [0.05, 0.1) is 29.3 Å². The Morgan fingerprint density at radius 1 is 0.846 bits per heavy atom. The number of ether oxygens (including phenoxy) is 1. The van der Waals surface area contributed by atoms with Crippen molar-refractivity contribution in [1.82, 2.24) is 39.8 Å². The summed E-state index contributed by atoms with van der Waals surface area (Å²) in [7, 11) is 0. The number of allylic oxidation sites excluding steroid dienone is 1. The minimum Gasteiger partial charge on any atom is -0.463 e. The van der Waals surface area contributed by atoms with Gasteiger partial charge >= 0.3 is 5.97 Å². The number of benzene rings is 3. The van der Waals surface area contributed by atoms with Gasteiger partial charge in [-0.25, -0.2) is 14.2 Å². The van der Waals surface area contributed by atoms with E-state index >= 15 is 0 Å². The monoisotopic (exact) mass is 538 g/mol. The van der Waals surface area contributed by atoms with Crippen molar-refractivity contribution in [3.05, 3.63) is 95.7 Å². The zero-order chi connectivity index (χ0) is 26.9. The van der Waals surface area contributed by atoms with Crippen molar-refractivity contribution >= 4 is 45.4 Å². The summed E-state index contributed by atoms with van der Waals surface area (Å²) in [5.74, 6) is -0.395. The van der Waals surface area contributed by atoms with Crippen LogP contribution in [0.4, 0.5) is 0 Å². The number of fused-ring (bicyclic) bond motifs is 2. The maximum absolute atomic E-state index is 13.6. The van der Waals surface area contributed by atoms with Crippen LogP contribution in [0.5, 0.6) is 0 Å². The van der Waals surface area contributed by atoms with Crippen LogP contribution in [0.3, 0.4) is 0 Å². The number of nitrogens with zero attached hydrogens (tertiary/aromatic N) is 8. The number of rotatable bonds is 7. The van der Waals surface area contributed by atoms with Crippen molar-refractivity contribution in [2.75, 3.05) is 6.61 Å². The first-order valence-corrected chi connectivity index (χ1v) is 13.0. The van der Waals surface area contributed by atoms with E-state index in [1.54, 1.807) is 16.3 Å².